The number of carbonyl (C=O) groups is 1. The van der Waals surface area contributed by atoms with Crippen molar-refractivity contribution in [1.82, 2.24) is 5.32 Å². The third-order valence-electron chi connectivity index (χ3n) is 2.99. The molecule has 0 bridgehead atoms. The molecule has 0 saturated heterocycles. The highest BCUT2D eigenvalue weighted by atomic mass is 19.1. The number of anilines is 1. The number of carbonyl (C=O) groups excluding carboxylic acids is 1. The maximum absolute atomic E-state index is 13.5. The fraction of sp³-hybridized carbons (Fsp3) is 0.188. The minimum absolute atomic E-state index is 0.221. The summed E-state index contributed by atoms with van der Waals surface area (Å²) in [5.74, 6) is -1.89. The minimum atomic E-state index is -0.714. The molecule has 0 spiro atoms. The Morgan fingerprint density at radius 2 is 1.76 bits per heavy atom. The van der Waals surface area contributed by atoms with Crippen LogP contribution < -0.4 is 10.6 Å². The van der Waals surface area contributed by atoms with Crippen LogP contribution in [0.3, 0.4) is 0 Å². The van der Waals surface area contributed by atoms with Crippen molar-refractivity contribution in [1.29, 1.82) is 0 Å². The number of hydrogen-bond acceptors (Lipinski definition) is 2. The molecule has 0 atom stereocenters. The molecule has 0 saturated carbocycles. The van der Waals surface area contributed by atoms with E-state index >= 15 is 0 Å². The van der Waals surface area contributed by atoms with E-state index in [1.54, 1.807) is 6.07 Å². The molecule has 0 radical (unpaired) electrons. The molecule has 3 nitrogen and oxygen atoms in total. The second kappa shape index (κ2) is 6.95. The van der Waals surface area contributed by atoms with Gasteiger partial charge < -0.3 is 10.6 Å². The number of rotatable bonds is 5. The Kier molecular flexibility index (Phi) is 5.00. The van der Waals surface area contributed by atoms with Crippen molar-refractivity contribution < 1.29 is 13.6 Å². The van der Waals surface area contributed by atoms with Crippen molar-refractivity contribution in [2.75, 3.05) is 12.4 Å². The van der Waals surface area contributed by atoms with Crippen molar-refractivity contribution in [2.45, 2.75) is 13.0 Å². The number of benzene rings is 2. The number of amides is 1. The van der Waals surface area contributed by atoms with Crippen LogP contribution in [0.1, 0.15) is 11.1 Å². The number of nitrogens with one attached hydrogen (secondary N) is 2. The molecule has 0 aliphatic carbocycles. The van der Waals surface area contributed by atoms with E-state index in [2.05, 4.69) is 10.6 Å². The molecule has 2 aromatic rings. The Morgan fingerprint density at radius 3 is 2.43 bits per heavy atom. The van der Waals surface area contributed by atoms with Crippen LogP contribution in [0.25, 0.3) is 0 Å². The van der Waals surface area contributed by atoms with Gasteiger partial charge in [0.15, 0.2) is 0 Å². The van der Waals surface area contributed by atoms with Crippen LogP contribution in [0, 0.1) is 11.6 Å². The van der Waals surface area contributed by atoms with Crippen molar-refractivity contribution in [2.24, 2.45) is 0 Å². The molecule has 2 aromatic carbocycles. The zero-order chi connectivity index (χ0) is 15.2. The highest BCUT2D eigenvalue weighted by Gasteiger charge is 2.13. The van der Waals surface area contributed by atoms with E-state index in [0.717, 1.165) is 17.7 Å². The van der Waals surface area contributed by atoms with Gasteiger partial charge in [-0.2, -0.15) is 0 Å². The predicted molar refractivity (Wildman–Crippen MR) is 77.9 cm³/mol. The molecular weight excluding hydrogens is 274 g/mol. The van der Waals surface area contributed by atoms with Crippen LogP contribution in [-0.2, 0) is 17.8 Å². The molecule has 0 fully saturated rings. The van der Waals surface area contributed by atoms with Crippen LogP contribution in [0.2, 0.25) is 0 Å². The van der Waals surface area contributed by atoms with Crippen LogP contribution in [-0.4, -0.2) is 13.0 Å². The summed E-state index contributed by atoms with van der Waals surface area (Å²) in [6.45, 7) is 0.672. The smallest absolute Gasteiger partial charge is 0.229 e. The summed E-state index contributed by atoms with van der Waals surface area (Å²) < 4.78 is 27.0. The summed E-state index contributed by atoms with van der Waals surface area (Å²) in [7, 11) is 1.83. The van der Waals surface area contributed by atoms with Crippen molar-refractivity contribution >= 4 is 11.6 Å². The van der Waals surface area contributed by atoms with Gasteiger partial charge in [-0.15, -0.1) is 0 Å². The Labute approximate surface area is 122 Å². The lowest BCUT2D eigenvalue weighted by Crippen LogP contribution is -2.16. The lowest BCUT2D eigenvalue weighted by atomic mass is 10.1. The summed E-state index contributed by atoms with van der Waals surface area (Å²) in [5.41, 5.74) is 1.39. The van der Waals surface area contributed by atoms with Gasteiger partial charge in [-0.05, 0) is 36.9 Å². The van der Waals surface area contributed by atoms with E-state index in [1.807, 2.05) is 25.2 Å². The molecular formula is C16H16F2N2O. The van der Waals surface area contributed by atoms with E-state index < -0.39 is 17.5 Å². The van der Waals surface area contributed by atoms with E-state index in [9.17, 15) is 13.6 Å². The second-order valence-electron chi connectivity index (χ2n) is 4.66. The lowest BCUT2D eigenvalue weighted by Gasteiger charge is -2.08. The van der Waals surface area contributed by atoms with Gasteiger partial charge in [0.2, 0.25) is 5.91 Å². The van der Waals surface area contributed by atoms with Gasteiger partial charge in [0.05, 0.1) is 6.42 Å². The number of halogens is 2. The monoisotopic (exact) mass is 290 g/mol. The highest BCUT2D eigenvalue weighted by Crippen LogP contribution is 2.15. The molecule has 0 heterocycles. The Morgan fingerprint density at radius 1 is 1.10 bits per heavy atom. The maximum atomic E-state index is 13.5. The van der Waals surface area contributed by atoms with Crippen LogP contribution in [0.4, 0.5) is 14.5 Å². The van der Waals surface area contributed by atoms with E-state index in [0.29, 0.717) is 12.2 Å². The van der Waals surface area contributed by atoms with Crippen molar-refractivity contribution in [3.8, 4) is 0 Å². The molecule has 21 heavy (non-hydrogen) atoms. The van der Waals surface area contributed by atoms with Crippen molar-refractivity contribution in [3.63, 3.8) is 0 Å². The Bertz CT molecular complexity index is 624. The first-order chi connectivity index (χ1) is 10.1. The first-order valence-electron chi connectivity index (χ1n) is 6.56. The quantitative estimate of drug-likeness (QED) is 0.889. The van der Waals surface area contributed by atoms with Gasteiger partial charge >= 0.3 is 0 Å². The fourth-order valence-electron chi connectivity index (χ4n) is 2.03. The number of hydrogen-bond donors (Lipinski definition) is 2. The van der Waals surface area contributed by atoms with Gasteiger partial charge in [0.1, 0.15) is 11.6 Å². The van der Waals surface area contributed by atoms with Gasteiger partial charge in [-0.1, -0.05) is 18.2 Å². The molecule has 1 amide bonds. The zero-order valence-electron chi connectivity index (χ0n) is 11.6. The molecule has 0 unspecified atom stereocenters. The third-order valence-corrected chi connectivity index (χ3v) is 2.99. The molecule has 0 aromatic heterocycles. The molecule has 5 heteroatoms. The molecule has 2 rings (SSSR count). The van der Waals surface area contributed by atoms with Gasteiger partial charge in [-0.3, -0.25) is 4.79 Å². The molecule has 0 aliphatic rings. The first kappa shape index (κ1) is 15.1. The van der Waals surface area contributed by atoms with Gasteiger partial charge in [-0.25, -0.2) is 8.78 Å². The topological polar surface area (TPSA) is 41.1 Å². The lowest BCUT2D eigenvalue weighted by molar-refractivity contribution is -0.115. The second-order valence-corrected chi connectivity index (χ2v) is 4.66. The first-order valence-corrected chi connectivity index (χ1v) is 6.56. The van der Waals surface area contributed by atoms with Crippen LogP contribution >= 0.6 is 0 Å². The minimum Gasteiger partial charge on any atom is -0.326 e. The largest absolute Gasteiger partial charge is 0.326 e. The summed E-state index contributed by atoms with van der Waals surface area (Å²) in [6, 6.07) is 10.8. The third kappa shape index (κ3) is 4.10. The molecule has 0 aliphatic heterocycles. The maximum Gasteiger partial charge on any atom is 0.229 e. The summed E-state index contributed by atoms with van der Waals surface area (Å²) in [4.78, 5) is 11.9. The zero-order valence-corrected chi connectivity index (χ0v) is 11.6. The Hall–Kier alpha value is -2.27. The fourth-order valence-corrected chi connectivity index (χ4v) is 2.03. The SMILES string of the molecule is CNCc1cccc(NC(=O)Cc2c(F)cccc2F)c1. The molecule has 110 valence electrons. The summed E-state index contributed by atoms with van der Waals surface area (Å²) in [5, 5.41) is 5.65. The average molecular weight is 290 g/mol. The van der Waals surface area contributed by atoms with Crippen molar-refractivity contribution in [3.05, 3.63) is 65.2 Å². The standard InChI is InChI=1S/C16H16F2N2O/c1-19-10-11-4-2-5-12(8-11)20-16(21)9-13-14(17)6-3-7-15(13)18/h2-8,19H,9-10H2,1H3,(H,20,21). The van der Waals surface area contributed by atoms with Gasteiger partial charge in [0, 0.05) is 17.8 Å². The van der Waals surface area contributed by atoms with E-state index in [4.69, 9.17) is 0 Å². The molecule has 2 N–H and O–H groups in total. The predicted octanol–water partition coefficient (Wildman–Crippen LogP) is 2.87. The normalized spacial score (nSPS) is 10.4. The highest BCUT2D eigenvalue weighted by molar-refractivity contribution is 5.92. The van der Waals surface area contributed by atoms with E-state index in [-0.39, 0.29) is 12.0 Å². The van der Waals surface area contributed by atoms with Crippen LogP contribution in [0.15, 0.2) is 42.5 Å². The van der Waals surface area contributed by atoms with Gasteiger partial charge in [0.25, 0.3) is 0 Å². The summed E-state index contributed by atoms with van der Waals surface area (Å²) in [6.07, 6.45) is -0.339. The average Bonchev–Trinajstić information content (AvgIpc) is 2.44. The Balaban J connectivity index is 2.06. The van der Waals surface area contributed by atoms with Crippen LogP contribution in [0.5, 0.6) is 0 Å². The van der Waals surface area contributed by atoms with E-state index in [1.165, 1.54) is 6.07 Å². The summed E-state index contributed by atoms with van der Waals surface area (Å²) >= 11 is 0.